The van der Waals surface area contributed by atoms with Crippen LogP contribution >= 0.6 is 0 Å². The van der Waals surface area contributed by atoms with Crippen LogP contribution in [0.15, 0.2) is 43.1 Å². The van der Waals surface area contributed by atoms with Crippen molar-refractivity contribution in [2.45, 2.75) is 104 Å². The number of carbonyl (C=O) groups excluding carboxylic acids is 2. The first-order valence-corrected chi connectivity index (χ1v) is 12.0. The fourth-order valence-electron chi connectivity index (χ4n) is 3.95. The molecule has 2 rings (SSSR count). The van der Waals surface area contributed by atoms with Gasteiger partial charge in [-0.25, -0.2) is 0 Å². The summed E-state index contributed by atoms with van der Waals surface area (Å²) >= 11 is 0. The molecule has 0 spiro atoms. The normalized spacial score (nSPS) is 11.7. The molecule has 0 unspecified atom stereocenters. The molecule has 2 aromatic heterocycles. The summed E-state index contributed by atoms with van der Waals surface area (Å²) in [7, 11) is 0. The molecule has 0 saturated carbocycles. The van der Waals surface area contributed by atoms with Gasteiger partial charge in [0.1, 0.15) is 35.6 Å². The Hall–Kier alpha value is -3.16. The first kappa shape index (κ1) is 30.9. The Morgan fingerprint density at radius 1 is 0.694 bits per heavy atom. The van der Waals surface area contributed by atoms with E-state index in [1.165, 1.54) is 12.1 Å². The minimum atomic E-state index is -0.490. The number of hydrogen-bond acceptors (Lipinski definition) is 8. The molecule has 0 radical (unpaired) electrons. The van der Waals surface area contributed by atoms with Gasteiger partial charge in [0.15, 0.2) is 11.5 Å². The van der Waals surface area contributed by atoms with Crippen molar-refractivity contribution >= 4 is 11.6 Å². The molecule has 0 aliphatic rings. The summed E-state index contributed by atoms with van der Waals surface area (Å²) in [6.07, 6.45) is 6.63. The van der Waals surface area contributed by atoms with Crippen LogP contribution in [-0.2, 0) is 20.4 Å². The molecular weight excluding hydrogens is 464 g/mol. The van der Waals surface area contributed by atoms with E-state index in [0.29, 0.717) is 69.3 Å². The van der Waals surface area contributed by atoms with Gasteiger partial charge in [-0.15, -0.1) is 0 Å². The highest BCUT2D eigenvalue weighted by Gasteiger charge is 2.25. The molecule has 8 heteroatoms. The summed E-state index contributed by atoms with van der Waals surface area (Å²) in [5, 5.41) is 18.7. The first-order chi connectivity index (χ1) is 16.3. The molecule has 8 nitrogen and oxygen atoms in total. The molecule has 36 heavy (non-hydrogen) atoms. The van der Waals surface area contributed by atoms with Gasteiger partial charge in [-0.2, -0.15) is 0 Å². The topological polar surface area (TPSA) is 135 Å². The van der Waals surface area contributed by atoms with Gasteiger partial charge in [0.2, 0.25) is 10.9 Å². The quantitative estimate of drug-likeness (QED) is 0.342. The molecule has 2 heterocycles. The second-order valence-electron chi connectivity index (χ2n) is 10.4. The average molecular weight is 505 g/mol. The number of ketones is 2. The Morgan fingerprint density at radius 3 is 1.36 bits per heavy atom. The highest BCUT2D eigenvalue weighted by molar-refractivity contribution is 5.81. The van der Waals surface area contributed by atoms with E-state index in [-0.39, 0.29) is 19.0 Å². The van der Waals surface area contributed by atoms with Gasteiger partial charge in [0, 0.05) is 48.6 Å². The molecule has 0 aromatic carbocycles. The van der Waals surface area contributed by atoms with Crippen LogP contribution < -0.4 is 10.9 Å². The standard InChI is InChI=1S/C27H36O8.CH4/c1-26(2,24-14-20(30)22(32)16-34-24)12-6-10-18(28)8-5-9-19(29)11-7-13-27(3,4)25-15-21(31)23(33)17-35-25;/h14-17,32-33H,5-13H2,1-4H3;1H4. The van der Waals surface area contributed by atoms with E-state index in [0.717, 1.165) is 12.5 Å². The molecule has 0 amide bonds. The van der Waals surface area contributed by atoms with Crippen LogP contribution in [0.3, 0.4) is 0 Å². The summed E-state index contributed by atoms with van der Waals surface area (Å²) in [5.74, 6) is 0.281. The van der Waals surface area contributed by atoms with Crippen molar-refractivity contribution in [1.82, 2.24) is 0 Å². The van der Waals surface area contributed by atoms with Crippen LogP contribution in [0.5, 0.6) is 11.5 Å². The fraction of sp³-hybridized carbons (Fsp3) is 0.571. The molecule has 0 saturated heterocycles. The number of aromatic hydroxyl groups is 2. The van der Waals surface area contributed by atoms with E-state index < -0.39 is 33.2 Å². The van der Waals surface area contributed by atoms with Gasteiger partial charge in [0.25, 0.3) is 0 Å². The smallest absolute Gasteiger partial charge is 0.226 e. The predicted molar refractivity (Wildman–Crippen MR) is 138 cm³/mol. The minimum Gasteiger partial charge on any atom is -0.502 e. The summed E-state index contributed by atoms with van der Waals surface area (Å²) in [4.78, 5) is 47.7. The first-order valence-electron chi connectivity index (χ1n) is 12.0. The third kappa shape index (κ3) is 9.13. The lowest BCUT2D eigenvalue weighted by Crippen LogP contribution is -2.19. The van der Waals surface area contributed by atoms with Crippen molar-refractivity contribution < 1.29 is 28.6 Å². The van der Waals surface area contributed by atoms with Crippen molar-refractivity contribution in [3.63, 3.8) is 0 Å². The lowest BCUT2D eigenvalue weighted by molar-refractivity contribution is -0.120. The second-order valence-corrected chi connectivity index (χ2v) is 10.4. The predicted octanol–water partition coefficient (Wildman–Crippen LogP) is 5.54. The van der Waals surface area contributed by atoms with E-state index in [1.807, 2.05) is 27.7 Å². The van der Waals surface area contributed by atoms with Crippen LogP contribution in [0.1, 0.15) is 104 Å². The monoisotopic (exact) mass is 504 g/mol. The molecule has 200 valence electrons. The van der Waals surface area contributed by atoms with E-state index in [2.05, 4.69) is 0 Å². The van der Waals surface area contributed by atoms with Crippen LogP contribution in [0.25, 0.3) is 0 Å². The second kappa shape index (κ2) is 13.2. The molecular formula is C28H40O8. The Balaban J connectivity index is 0.00000648. The van der Waals surface area contributed by atoms with E-state index in [1.54, 1.807) is 0 Å². The third-order valence-electron chi connectivity index (χ3n) is 6.38. The molecule has 0 aliphatic carbocycles. The zero-order chi connectivity index (χ0) is 26.2. The van der Waals surface area contributed by atoms with E-state index in [9.17, 15) is 29.4 Å². The maximum atomic E-state index is 12.2. The summed E-state index contributed by atoms with van der Waals surface area (Å²) < 4.78 is 10.7. The van der Waals surface area contributed by atoms with Crippen molar-refractivity contribution in [3.8, 4) is 11.5 Å². The molecule has 0 aliphatic heterocycles. The fourth-order valence-corrected chi connectivity index (χ4v) is 3.95. The van der Waals surface area contributed by atoms with Gasteiger partial charge in [-0.1, -0.05) is 35.1 Å². The Morgan fingerprint density at radius 2 is 1.03 bits per heavy atom. The van der Waals surface area contributed by atoms with Crippen LogP contribution in [0, 0.1) is 0 Å². The molecule has 0 atom stereocenters. The summed E-state index contributed by atoms with van der Waals surface area (Å²) in [6, 6.07) is 2.56. The van der Waals surface area contributed by atoms with E-state index in [4.69, 9.17) is 8.83 Å². The summed E-state index contributed by atoms with van der Waals surface area (Å²) in [5.41, 5.74) is -1.87. The number of rotatable bonds is 14. The van der Waals surface area contributed by atoms with Crippen molar-refractivity contribution in [2.75, 3.05) is 0 Å². The highest BCUT2D eigenvalue weighted by Crippen LogP contribution is 2.30. The number of carbonyl (C=O) groups is 2. The molecule has 0 bridgehead atoms. The van der Waals surface area contributed by atoms with Crippen molar-refractivity contribution in [1.29, 1.82) is 0 Å². The molecule has 2 aromatic rings. The summed E-state index contributed by atoms with van der Waals surface area (Å²) in [6.45, 7) is 7.68. The maximum Gasteiger partial charge on any atom is 0.226 e. The van der Waals surface area contributed by atoms with Gasteiger partial charge in [-0.3, -0.25) is 19.2 Å². The lowest BCUT2D eigenvalue weighted by Gasteiger charge is -2.23. The van der Waals surface area contributed by atoms with Crippen molar-refractivity contribution in [2.24, 2.45) is 0 Å². The third-order valence-corrected chi connectivity index (χ3v) is 6.38. The number of Topliss-reactive ketones (excluding diaryl/α,β-unsaturated/α-hetero) is 2. The van der Waals surface area contributed by atoms with Gasteiger partial charge in [-0.05, 0) is 32.1 Å². The zero-order valence-electron chi connectivity index (χ0n) is 21.0. The zero-order valence-corrected chi connectivity index (χ0v) is 21.0. The van der Waals surface area contributed by atoms with Crippen LogP contribution in [-0.4, -0.2) is 21.8 Å². The lowest BCUT2D eigenvalue weighted by atomic mass is 9.83. The Kier molecular flexibility index (Phi) is 11.3. The average Bonchev–Trinajstić information content (AvgIpc) is 2.77. The SMILES string of the molecule is C.CC(C)(CCCC(=O)CCCC(=O)CCCC(C)(C)c1cc(=O)c(O)co1)c1cc(=O)c(O)co1. The van der Waals surface area contributed by atoms with Crippen molar-refractivity contribution in [3.05, 3.63) is 56.6 Å². The number of hydrogen-bond donors (Lipinski definition) is 2. The minimum absolute atomic E-state index is 0. The van der Waals surface area contributed by atoms with E-state index >= 15 is 0 Å². The molecule has 0 fully saturated rings. The largest absolute Gasteiger partial charge is 0.502 e. The Bertz CT molecular complexity index is 1050. The van der Waals surface area contributed by atoms with Gasteiger partial charge >= 0.3 is 0 Å². The van der Waals surface area contributed by atoms with Crippen LogP contribution in [0.4, 0.5) is 0 Å². The van der Waals surface area contributed by atoms with Crippen LogP contribution in [0.2, 0.25) is 0 Å². The van der Waals surface area contributed by atoms with Gasteiger partial charge in [0.05, 0.1) is 0 Å². The maximum absolute atomic E-state index is 12.2. The Labute approximate surface area is 212 Å². The van der Waals surface area contributed by atoms with Gasteiger partial charge < -0.3 is 19.0 Å². The highest BCUT2D eigenvalue weighted by atomic mass is 16.4. The molecule has 2 N–H and O–H groups in total.